The lowest BCUT2D eigenvalue weighted by Crippen LogP contribution is -2.38. The molecule has 3 aliphatic heterocycles. The van der Waals surface area contributed by atoms with Crippen molar-refractivity contribution < 1.29 is 4.74 Å². The molecule has 1 unspecified atom stereocenters. The predicted molar refractivity (Wildman–Crippen MR) is 84.5 cm³/mol. The number of hydrogen-bond donors (Lipinski definition) is 1. The van der Waals surface area contributed by atoms with Crippen molar-refractivity contribution in [2.45, 2.75) is 44.8 Å². The van der Waals surface area contributed by atoms with Crippen LogP contribution in [-0.4, -0.2) is 42.7 Å². The fraction of sp³-hybridized carbons (Fsp3) is 0.812. The Morgan fingerprint density at radius 1 is 1.38 bits per heavy atom. The van der Waals surface area contributed by atoms with E-state index < -0.39 is 0 Å². The molecule has 3 saturated heterocycles. The van der Waals surface area contributed by atoms with Crippen LogP contribution in [0.2, 0.25) is 0 Å². The van der Waals surface area contributed by atoms with E-state index in [9.17, 15) is 0 Å². The minimum atomic E-state index is 0.276. The number of likely N-dealkylation sites (tertiary alicyclic amines) is 1. The molecule has 21 heavy (non-hydrogen) atoms. The summed E-state index contributed by atoms with van der Waals surface area (Å²) in [5.41, 5.74) is 0.604. The molecule has 1 spiro atoms. The van der Waals surface area contributed by atoms with Crippen molar-refractivity contribution in [1.82, 2.24) is 15.2 Å². The Bertz CT molecular complexity index is 478. The maximum Gasteiger partial charge on any atom is 0.122 e. The lowest BCUT2D eigenvalue weighted by atomic mass is 9.78. The average molecular weight is 307 g/mol. The van der Waals surface area contributed by atoms with Gasteiger partial charge >= 0.3 is 0 Å². The average Bonchev–Trinajstić information content (AvgIpc) is 3.22. The summed E-state index contributed by atoms with van der Waals surface area (Å²) < 4.78 is 5.74. The summed E-state index contributed by atoms with van der Waals surface area (Å²) in [5, 5.41) is 4.69. The van der Waals surface area contributed by atoms with Crippen LogP contribution in [0.5, 0.6) is 0 Å². The fourth-order valence-corrected chi connectivity index (χ4v) is 5.11. The Morgan fingerprint density at radius 3 is 3.10 bits per heavy atom. The maximum absolute atomic E-state index is 5.74. The lowest BCUT2D eigenvalue weighted by Gasteiger charge is -2.33. The van der Waals surface area contributed by atoms with E-state index in [0.29, 0.717) is 5.41 Å². The predicted octanol–water partition coefficient (Wildman–Crippen LogP) is 2.57. The highest BCUT2D eigenvalue weighted by Crippen LogP contribution is 2.39. The van der Waals surface area contributed by atoms with Gasteiger partial charge in [-0.1, -0.05) is 0 Å². The molecule has 1 aromatic rings. The summed E-state index contributed by atoms with van der Waals surface area (Å²) in [7, 11) is 0. The number of ether oxygens (including phenoxy) is 1. The molecule has 0 aromatic carbocycles. The van der Waals surface area contributed by atoms with Crippen molar-refractivity contribution in [3.05, 3.63) is 16.1 Å². The van der Waals surface area contributed by atoms with Gasteiger partial charge in [0, 0.05) is 30.8 Å². The number of nitrogens with one attached hydrogen (secondary N) is 1. The van der Waals surface area contributed by atoms with E-state index >= 15 is 0 Å². The van der Waals surface area contributed by atoms with Gasteiger partial charge in [-0.2, -0.15) is 0 Å². The molecular formula is C16H25N3OS. The number of hydrogen-bond acceptors (Lipinski definition) is 5. The number of nitrogens with zero attached hydrogens (tertiary/aromatic N) is 2. The maximum atomic E-state index is 5.74. The molecule has 0 radical (unpaired) electrons. The van der Waals surface area contributed by atoms with E-state index in [1.165, 1.54) is 61.7 Å². The molecule has 0 amide bonds. The smallest absolute Gasteiger partial charge is 0.122 e. The SMILES string of the molecule is c1nc(C2CCCO2)sc1CN1CCC2(CCNCC2)C1. The molecule has 3 fully saturated rings. The van der Waals surface area contributed by atoms with Gasteiger partial charge in [-0.15, -0.1) is 11.3 Å². The second-order valence-electron chi connectivity index (χ2n) is 6.88. The second kappa shape index (κ2) is 5.95. The third kappa shape index (κ3) is 3.02. The molecule has 0 bridgehead atoms. The Kier molecular flexibility index (Phi) is 4.00. The van der Waals surface area contributed by atoms with Crippen LogP contribution in [0.4, 0.5) is 0 Å². The minimum absolute atomic E-state index is 0.276. The van der Waals surface area contributed by atoms with E-state index in [-0.39, 0.29) is 6.10 Å². The largest absolute Gasteiger partial charge is 0.371 e. The molecule has 1 atom stereocenters. The molecule has 0 saturated carbocycles. The number of thiazole rings is 1. The van der Waals surface area contributed by atoms with Crippen molar-refractivity contribution in [3.8, 4) is 0 Å². The van der Waals surface area contributed by atoms with Gasteiger partial charge in [0.1, 0.15) is 11.1 Å². The summed E-state index contributed by atoms with van der Waals surface area (Å²) in [6.07, 6.45) is 8.77. The normalized spacial score (nSPS) is 29.4. The van der Waals surface area contributed by atoms with Crippen molar-refractivity contribution in [1.29, 1.82) is 0 Å². The fourth-order valence-electron chi connectivity index (χ4n) is 4.07. The van der Waals surface area contributed by atoms with E-state index in [4.69, 9.17) is 4.74 Å². The second-order valence-corrected chi connectivity index (χ2v) is 8.02. The number of aromatic nitrogens is 1. The van der Waals surface area contributed by atoms with Gasteiger partial charge in [-0.3, -0.25) is 4.90 Å². The third-order valence-electron chi connectivity index (χ3n) is 5.34. The van der Waals surface area contributed by atoms with Crippen molar-refractivity contribution in [3.63, 3.8) is 0 Å². The Morgan fingerprint density at radius 2 is 2.29 bits per heavy atom. The van der Waals surface area contributed by atoms with E-state index in [2.05, 4.69) is 21.4 Å². The number of piperidine rings is 1. The van der Waals surface area contributed by atoms with Gasteiger partial charge < -0.3 is 10.1 Å². The van der Waals surface area contributed by atoms with E-state index in [0.717, 1.165) is 19.6 Å². The van der Waals surface area contributed by atoms with Crippen molar-refractivity contribution in [2.75, 3.05) is 32.8 Å². The summed E-state index contributed by atoms with van der Waals surface area (Å²) in [5.74, 6) is 0. The van der Waals surface area contributed by atoms with Crippen LogP contribution in [0, 0.1) is 5.41 Å². The summed E-state index contributed by atoms with van der Waals surface area (Å²) >= 11 is 1.86. The molecule has 1 aromatic heterocycles. The van der Waals surface area contributed by atoms with Gasteiger partial charge in [-0.25, -0.2) is 4.98 Å². The molecule has 5 heteroatoms. The van der Waals surface area contributed by atoms with Crippen LogP contribution in [0.25, 0.3) is 0 Å². The first-order chi connectivity index (χ1) is 10.3. The summed E-state index contributed by atoms with van der Waals surface area (Å²) in [4.78, 5) is 8.65. The highest BCUT2D eigenvalue weighted by molar-refractivity contribution is 7.11. The molecule has 0 aliphatic carbocycles. The topological polar surface area (TPSA) is 37.4 Å². The molecule has 1 N–H and O–H groups in total. The quantitative estimate of drug-likeness (QED) is 0.931. The van der Waals surface area contributed by atoms with Crippen LogP contribution in [0.3, 0.4) is 0 Å². The summed E-state index contributed by atoms with van der Waals surface area (Å²) in [6.45, 7) is 6.94. The van der Waals surface area contributed by atoms with Crippen molar-refractivity contribution in [2.24, 2.45) is 5.41 Å². The van der Waals surface area contributed by atoms with Crippen LogP contribution in [-0.2, 0) is 11.3 Å². The number of rotatable bonds is 3. The zero-order valence-corrected chi connectivity index (χ0v) is 13.5. The Balaban J connectivity index is 1.36. The van der Waals surface area contributed by atoms with Crippen LogP contribution >= 0.6 is 11.3 Å². The molecular weight excluding hydrogens is 282 g/mol. The van der Waals surface area contributed by atoms with Crippen LogP contribution in [0.1, 0.15) is 48.1 Å². The summed E-state index contributed by atoms with van der Waals surface area (Å²) in [6, 6.07) is 0. The van der Waals surface area contributed by atoms with Gasteiger partial charge in [0.2, 0.25) is 0 Å². The Labute approximate surface area is 130 Å². The monoisotopic (exact) mass is 307 g/mol. The molecule has 4 nitrogen and oxygen atoms in total. The molecule has 4 heterocycles. The Hall–Kier alpha value is -0.490. The molecule has 3 aliphatic rings. The zero-order chi connectivity index (χ0) is 14.1. The van der Waals surface area contributed by atoms with Crippen LogP contribution in [0.15, 0.2) is 6.20 Å². The first kappa shape index (κ1) is 14.1. The highest BCUT2D eigenvalue weighted by Gasteiger charge is 2.38. The van der Waals surface area contributed by atoms with Gasteiger partial charge in [0.15, 0.2) is 0 Å². The first-order valence-electron chi connectivity index (χ1n) is 8.32. The van der Waals surface area contributed by atoms with Gasteiger partial charge in [0.25, 0.3) is 0 Å². The highest BCUT2D eigenvalue weighted by atomic mass is 32.1. The standard InChI is InChI=1S/C16H25N3OS/c1-2-14(20-9-1)15-18-10-13(21-15)11-19-8-5-16(12-19)3-6-17-7-4-16/h10,14,17H,1-9,11-12H2. The van der Waals surface area contributed by atoms with Gasteiger partial charge in [-0.05, 0) is 57.2 Å². The van der Waals surface area contributed by atoms with Gasteiger partial charge in [0.05, 0.1) is 0 Å². The first-order valence-corrected chi connectivity index (χ1v) is 9.14. The zero-order valence-electron chi connectivity index (χ0n) is 12.6. The minimum Gasteiger partial charge on any atom is -0.371 e. The third-order valence-corrected chi connectivity index (χ3v) is 6.41. The lowest BCUT2D eigenvalue weighted by molar-refractivity contribution is 0.111. The van der Waals surface area contributed by atoms with Crippen LogP contribution < -0.4 is 5.32 Å². The van der Waals surface area contributed by atoms with Crippen molar-refractivity contribution >= 4 is 11.3 Å². The van der Waals surface area contributed by atoms with E-state index in [1.807, 2.05) is 11.3 Å². The molecule has 116 valence electrons. The van der Waals surface area contributed by atoms with E-state index in [1.54, 1.807) is 0 Å². The molecule has 4 rings (SSSR count).